The van der Waals surface area contributed by atoms with Crippen LogP contribution in [0.25, 0.3) is 77.2 Å². The first-order valence-corrected chi connectivity index (χ1v) is 23.9. The monoisotopic (exact) mass is 1000 g/mol. The summed E-state index contributed by atoms with van der Waals surface area (Å²) in [4.78, 5) is 0. The molecule has 330 valence electrons. The Morgan fingerprint density at radius 2 is 0.757 bits per heavy atom. The topological polar surface area (TPSA) is 57.4 Å². The predicted molar refractivity (Wildman–Crippen MR) is 281 cm³/mol. The van der Waals surface area contributed by atoms with E-state index in [4.69, 9.17) is 11.8 Å². The fourth-order valence-electron chi connectivity index (χ4n) is 13.2. The van der Waals surface area contributed by atoms with Gasteiger partial charge in [0, 0.05) is 26.0 Å². The molecule has 0 bridgehead atoms. The third-order valence-electron chi connectivity index (χ3n) is 15.5. The maximum absolute atomic E-state index is 9.82. The molecule has 70 heavy (non-hydrogen) atoms. The summed E-state index contributed by atoms with van der Waals surface area (Å²) in [5.41, 5.74) is 23.0. The molecular weight excluding hydrogens is 968 g/mol. The van der Waals surface area contributed by atoms with Crippen molar-refractivity contribution in [3.63, 3.8) is 0 Å². The SMILES string of the molecule is Brc1ccc2c(c1)C1(c3ccccc3-2)c2ccccc2-n2c3ccccc3c3cccc1c32.N#Cc1ccc2c(c1)C1(c3ccccc3-2)c2ccccc2-n2c3ccccc3c3cccc1c32.[C-]#N.[Cu+]. The molecule has 10 aromatic carbocycles. The molecule has 2 aromatic heterocycles. The summed E-state index contributed by atoms with van der Waals surface area (Å²) in [6, 6.07) is 81.9. The average Bonchev–Trinajstić information content (AvgIpc) is 4.12. The number of aromatic nitrogens is 2. The van der Waals surface area contributed by atoms with Crippen LogP contribution in [0, 0.1) is 23.2 Å². The number of benzene rings is 10. The van der Waals surface area contributed by atoms with Crippen molar-refractivity contribution >= 4 is 59.5 Å². The maximum Gasteiger partial charge on any atom is 1.00 e. The van der Waals surface area contributed by atoms with Crippen LogP contribution in [0.5, 0.6) is 0 Å². The molecule has 2 unspecified atom stereocenters. The molecule has 2 aliphatic heterocycles. The van der Waals surface area contributed by atoms with Crippen LogP contribution >= 0.6 is 15.9 Å². The van der Waals surface area contributed by atoms with E-state index in [-0.39, 0.29) is 22.5 Å². The van der Waals surface area contributed by atoms with Crippen LogP contribution in [-0.2, 0) is 27.9 Å². The molecule has 4 heterocycles. The van der Waals surface area contributed by atoms with Gasteiger partial charge in [-0.2, -0.15) is 5.26 Å². The van der Waals surface area contributed by atoms with Crippen LogP contribution in [0.2, 0.25) is 0 Å². The largest absolute Gasteiger partial charge is 1.00 e. The van der Waals surface area contributed by atoms with Crippen molar-refractivity contribution in [3.8, 4) is 39.7 Å². The van der Waals surface area contributed by atoms with Gasteiger partial charge >= 0.3 is 17.1 Å². The molecule has 2 spiro atoms. The predicted octanol–water partition coefficient (Wildman–Crippen LogP) is 15.6. The van der Waals surface area contributed by atoms with Crippen molar-refractivity contribution < 1.29 is 17.1 Å². The van der Waals surface area contributed by atoms with Crippen LogP contribution in [0.3, 0.4) is 0 Å². The van der Waals surface area contributed by atoms with Gasteiger partial charge in [0.1, 0.15) is 0 Å². The summed E-state index contributed by atoms with van der Waals surface area (Å²) in [5.74, 6) is 0. The molecule has 12 aromatic rings. The first-order chi connectivity index (χ1) is 34.1. The molecule has 0 amide bonds. The number of rotatable bonds is 0. The molecule has 0 N–H and O–H groups in total. The Morgan fingerprint density at radius 3 is 1.27 bits per heavy atom. The average molecular weight is 1000 g/mol. The second-order valence-electron chi connectivity index (χ2n) is 18.3. The van der Waals surface area contributed by atoms with E-state index in [1.54, 1.807) is 0 Å². The normalized spacial score (nSPS) is 16.4. The van der Waals surface area contributed by atoms with Gasteiger partial charge < -0.3 is 21.0 Å². The number of nitriles is 1. The van der Waals surface area contributed by atoms with Crippen molar-refractivity contribution in [1.29, 1.82) is 10.5 Å². The molecule has 0 saturated carbocycles. The Bertz CT molecular complexity index is 4280. The van der Waals surface area contributed by atoms with E-state index < -0.39 is 5.41 Å². The molecular formula is C64H36BrCuN4. The molecule has 0 fully saturated rings. The zero-order valence-electron chi connectivity index (χ0n) is 37.3. The minimum absolute atomic E-state index is 0. The second-order valence-corrected chi connectivity index (χ2v) is 19.2. The molecule has 16 rings (SSSR count). The van der Waals surface area contributed by atoms with Gasteiger partial charge in [-0.15, -0.1) is 0 Å². The Morgan fingerprint density at radius 1 is 0.371 bits per heavy atom. The Labute approximate surface area is 423 Å². The zero-order chi connectivity index (χ0) is 46.2. The van der Waals surface area contributed by atoms with Gasteiger partial charge in [0.2, 0.25) is 0 Å². The Kier molecular flexibility index (Phi) is 9.22. The fraction of sp³-hybridized carbons (Fsp3) is 0.0312. The third kappa shape index (κ3) is 5.07. The summed E-state index contributed by atoms with van der Waals surface area (Å²) in [5, 5.41) is 21.2. The van der Waals surface area contributed by atoms with E-state index in [0.717, 1.165) is 4.47 Å². The molecule has 4 nitrogen and oxygen atoms in total. The van der Waals surface area contributed by atoms with Crippen LogP contribution in [0.4, 0.5) is 0 Å². The number of hydrogen-bond donors (Lipinski definition) is 0. The quantitative estimate of drug-likeness (QED) is 0.112. The summed E-state index contributed by atoms with van der Waals surface area (Å²) in [7, 11) is 0. The third-order valence-corrected chi connectivity index (χ3v) is 16.0. The van der Waals surface area contributed by atoms with Gasteiger partial charge in [-0.05, 0) is 115 Å². The maximum atomic E-state index is 9.82. The van der Waals surface area contributed by atoms with E-state index >= 15 is 0 Å². The van der Waals surface area contributed by atoms with Gasteiger partial charge in [-0.1, -0.05) is 186 Å². The minimum Gasteiger partial charge on any atom is -0.512 e. The van der Waals surface area contributed by atoms with Crippen LogP contribution in [0.15, 0.2) is 223 Å². The van der Waals surface area contributed by atoms with Crippen molar-refractivity contribution in [2.75, 3.05) is 0 Å². The summed E-state index contributed by atoms with van der Waals surface area (Å²) in [6.07, 6.45) is 0. The van der Waals surface area contributed by atoms with E-state index in [9.17, 15) is 5.26 Å². The molecule has 2 aliphatic carbocycles. The van der Waals surface area contributed by atoms with Crippen molar-refractivity contribution in [2.45, 2.75) is 10.8 Å². The van der Waals surface area contributed by atoms with Gasteiger partial charge in [0.15, 0.2) is 0 Å². The summed E-state index contributed by atoms with van der Waals surface area (Å²) < 4.78 is 6.04. The standard InChI is InChI=1S/C32H18N2.C31H18BrN.CN.Cu/c33-19-20-16-17-22-21-8-1-3-11-25(21)32(28(22)18-20)26-12-4-6-15-30(26)34-29-14-5-2-9-23(29)24-10-7-13-27(32)31(24)34;32-19-16-17-21-20-8-1-3-11-24(20)31(27(21)18-19)25-12-4-6-15-29(25)33-28-14-5-2-9-22(28)23-10-7-13-26(31)30(23)33;1-2;/h1-18H;1-18H;;/q;;-1;+1. The Balaban J connectivity index is 0.000000131. The smallest absolute Gasteiger partial charge is 0.512 e. The summed E-state index contributed by atoms with van der Waals surface area (Å²) >= 11 is 3.79. The molecule has 0 saturated heterocycles. The minimum atomic E-state index is -0.473. The van der Waals surface area contributed by atoms with Gasteiger partial charge in [-0.25, -0.2) is 0 Å². The van der Waals surface area contributed by atoms with E-state index in [1.807, 2.05) is 6.07 Å². The first kappa shape index (κ1) is 41.9. The fourth-order valence-corrected chi connectivity index (χ4v) is 13.5. The molecule has 2 atom stereocenters. The van der Waals surface area contributed by atoms with Crippen LogP contribution in [-0.4, -0.2) is 9.13 Å². The number of fused-ring (bicyclic) bond motifs is 24. The Hall–Kier alpha value is -8.22. The van der Waals surface area contributed by atoms with Gasteiger partial charge in [-0.3, -0.25) is 0 Å². The number of halogens is 1. The van der Waals surface area contributed by atoms with E-state index in [2.05, 4.69) is 243 Å². The van der Waals surface area contributed by atoms with Crippen molar-refractivity contribution in [2.24, 2.45) is 0 Å². The van der Waals surface area contributed by atoms with E-state index in [0.29, 0.717) is 5.56 Å². The van der Waals surface area contributed by atoms with Gasteiger partial charge in [0.05, 0.1) is 55.9 Å². The second kappa shape index (κ2) is 15.4. The van der Waals surface area contributed by atoms with Gasteiger partial charge in [0.25, 0.3) is 0 Å². The molecule has 0 radical (unpaired) electrons. The van der Waals surface area contributed by atoms with Crippen molar-refractivity contribution in [1.82, 2.24) is 9.13 Å². The summed E-state index contributed by atoms with van der Waals surface area (Å²) in [6.45, 7) is 4.75. The molecule has 6 heteroatoms. The van der Waals surface area contributed by atoms with E-state index in [1.165, 1.54) is 122 Å². The van der Waals surface area contributed by atoms with Crippen molar-refractivity contribution in [3.05, 3.63) is 280 Å². The first-order valence-electron chi connectivity index (χ1n) is 23.2. The number of nitrogens with zero attached hydrogens (tertiary/aromatic N) is 4. The number of para-hydroxylation sites is 6. The van der Waals surface area contributed by atoms with Crippen LogP contribution in [0.1, 0.15) is 50.1 Å². The number of hydrogen-bond acceptors (Lipinski definition) is 2. The van der Waals surface area contributed by atoms with Crippen LogP contribution < -0.4 is 0 Å². The molecule has 4 aliphatic rings. The zero-order valence-corrected chi connectivity index (χ0v) is 39.8.